The van der Waals surface area contributed by atoms with Gasteiger partial charge in [0.2, 0.25) is 17.7 Å². The Kier molecular flexibility index (Phi) is 17.4. The fourth-order valence-electron chi connectivity index (χ4n) is 9.68. The van der Waals surface area contributed by atoms with Gasteiger partial charge in [0.05, 0.1) is 51.9 Å². The molecule has 1 aliphatic carbocycles. The number of hydrogen-bond donors (Lipinski definition) is 5. The van der Waals surface area contributed by atoms with Gasteiger partial charge in [-0.1, -0.05) is 69.3 Å². The van der Waals surface area contributed by atoms with Gasteiger partial charge in [-0.05, 0) is 112 Å². The molecular weight excluding hydrogens is 991 g/mol. The summed E-state index contributed by atoms with van der Waals surface area (Å²) in [6.07, 6.45) is 7.99. The van der Waals surface area contributed by atoms with Crippen LogP contribution < -0.4 is 31.3 Å². The average Bonchev–Trinajstić information content (AvgIpc) is 3.78. The van der Waals surface area contributed by atoms with Crippen molar-refractivity contribution in [1.82, 2.24) is 35.4 Å². The van der Waals surface area contributed by atoms with Crippen molar-refractivity contribution >= 4 is 69.8 Å². The Balaban J connectivity index is 0.801. The van der Waals surface area contributed by atoms with Crippen LogP contribution in [0.5, 0.6) is 5.75 Å². The molecule has 73 heavy (non-hydrogen) atoms. The second-order valence-electron chi connectivity index (χ2n) is 21.6. The number of carbonyl (C=O) groups is 4. The van der Waals surface area contributed by atoms with Gasteiger partial charge in [-0.15, -0.1) is 11.3 Å². The lowest BCUT2D eigenvalue weighted by atomic mass is 9.80. The number of nitrogens with two attached hydrogens (primary N) is 1. The number of hydrogen-bond acceptors (Lipinski definition) is 14. The third kappa shape index (κ3) is 13.7. The number of amides is 4. The number of β-amino-alcohol motifs (C(OH)–C–C–N with tert-alkyl or cyclic N) is 1. The van der Waals surface area contributed by atoms with Gasteiger partial charge >= 0.3 is 0 Å². The van der Waals surface area contributed by atoms with Crippen molar-refractivity contribution in [2.45, 2.75) is 133 Å². The molecule has 5 heterocycles. The molecule has 0 unspecified atom stereocenters. The summed E-state index contributed by atoms with van der Waals surface area (Å²) in [7, 11) is 0. The predicted molar refractivity (Wildman–Crippen MR) is 283 cm³/mol. The van der Waals surface area contributed by atoms with Gasteiger partial charge in [0.1, 0.15) is 28.7 Å². The van der Waals surface area contributed by atoms with Gasteiger partial charge in [-0.2, -0.15) is 0 Å². The third-order valence-electron chi connectivity index (χ3n) is 14.9. The lowest BCUT2D eigenvalue weighted by Gasteiger charge is -2.39. The highest BCUT2D eigenvalue weighted by Gasteiger charge is 2.53. The van der Waals surface area contributed by atoms with Crippen LogP contribution in [0.3, 0.4) is 0 Å². The van der Waals surface area contributed by atoms with Crippen LogP contribution in [0.15, 0.2) is 64.2 Å². The zero-order valence-corrected chi connectivity index (χ0v) is 44.9. The number of halogens is 2. The van der Waals surface area contributed by atoms with Gasteiger partial charge in [0, 0.05) is 56.0 Å². The molecule has 2 aromatic heterocycles. The van der Waals surface area contributed by atoms with E-state index in [0.717, 1.165) is 90.7 Å². The van der Waals surface area contributed by atoms with Crippen molar-refractivity contribution in [2.24, 2.45) is 22.5 Å². The number of piperidine rings is 2. The zero-order valence-electron chi connectivity index (χ0n) is 42.6. The van der Waals surface area contributed by atoms with E-state index in [2.05, 4.69) is 47.6 Å². The van der Waals surface area contributed by atoms with Crippen molar-refractivity contribution in [3.8, 4) is 16.2 Å². The number of benzene rings is 2. The molecule has 6 N–H and O–H groups in total. The predicted octanol–water partition coefficient (Wildman–Crippen LogP) is 7.40. The first kappa shape index (κ1) is 54.3. The quantitative estimate of drug-likeness (QED) is 0.0621. The number of nitrogens with zero attached hydrogens (tertiary/aromatic N) is 6. The summed E-state index contributed by atoms with van der Waals surface area (Å²) in [5.74, 6) is -0.0155. The molecule has 2 aromatic carbocycles. The van der Waals surface area contributed by atoms with Crippen molar-refractivity contribution in [3.05, 3.63) is 70.6 Å². The molecule has 4 fully saturated rings. The van der Waals surface area contributed by atoms with Crippen molar-refractivity contribution in [3.63, 3.8) is 0 Å². The fourth-order valence-corrected chi connectivity index (χ4v) is 11.6. The summed E-state index contributed by atoms with van der Waals surface area (Å²) in [5.41, 5.74) is 8.37. The van der Waals surface area contributed by atoms with Crippen LogP contribution in [0.25, 0.3) is 10.4 Å². The summed E-state index contributed by atoms with van der Waals surface area (Å²) in [5, 5.41) is 20.5. The molecule has 0 spiro atoms. The minimum atomic E-state index is -1.97. The zero-order chi connectivity index (χ0) is 52.1. The van der Waals surface area contributed by atoms with Crippen molar-refractivity contribution in [2.75, 3.05) is 62.6 Å². The Hall–Kier alpha value is -4.92. The molecular formula is C53H70ClFN10O6S2. The number of ether oxygens (including phenoxy) is 1. The van der Waals surface area contributed by atoms with Gasteiger partial charge in [0.15, 0.2) is 5.67 Å². The first-order chi connectivity index (χ1) is 34.8. The minimum Gasteiger partial charge on any atom is -0.493 e. The summed E-state index contributed by atoms with van der Waals surface area (Å²) in [6.45, 7) is 14.8. The molecule has 20 heteroatoms. The first-order valence-electron chi connectivity index (χ1n) is 25.5. The summed E-state index contributed by atoms with van der Waals surface area (Å²) in [6, 6.07) is 9.38. The lowest BCUT2D eigenvalue weighted by Crippen LogP contribution is -2.59. The number of nitrogens with one attached hydrogen (secondary N) is 3. The molecule has 3 aliphatic heterocycles. The molecule has 1 saturated carbocycles. The maximum atomic E-state index is 14.7. The van der Waals surface area contributed by atoms with Crippen molar-refractivity contribution < 1.29 is 33.4 Å². The molecule has 394 valence electrons. The highest BCUT2D eigenvalue weighted by Crippen LogP contribution is 2.41. The van der Waals surface area contributed by atoms with Crippen LogP contribution in [-0.2, 0) is 25.7 Å². The van der Waals surface area contributed by atoms with E-state index in [0.29, 0.717) is 53.5 Å². The SMILES string of the molecule is Cc1ncsc1-c1ccc(CNC(=O)[C@@H]2C[C@@H](O)CN2C(=O)[C@@H](NC(=O)C2(F)CC2)C(C)(C)C)c(OCCC2CCN(CCC(=O)Nc3cccc(Sc4cnc(N5CCC(C)(CN)CC5)cn4)c3Cl)CC2)c1. The second kappa shape index (κ2) is 23.3. The number of aliphatic hydroxyl groups is 1. The van der Waals surface area contributed by atoms with Gasteiger partial charge < -0.3 is 46.2 Å². The molecule has 4 aliphatic rings. The summed E-state index contributed by atoms with van der Waals surface area (Å²) >= 11 is 9.77. The topological polar surface area (TPSA) is 208 Å². The van der Waals surface area contributed by atoms with E-state index < -0.39 is 47.0 Å². The second-order valence-corrected chi connectivity index (χ2v) is 23.9. The number of thiazole rings is 1. The molecule has 3 atom stereocenters. The summed E-state index contributed by atoms with van der Waals surface area (Å²) in [4.78, 5) is 75.2. The highest BCUT2D eigenvalue weighted by molar-refractivity contribution is 7.99. The van der Waals surface area contributed by atoms with E-state index in [-0.39, 0.29) is 43.7 Å². The number of aryl methyl sites for hydroxylation is 1. The number of anilines is 2. The van der Waals surface area contributed by atoms with Crippen LogP contribution >= 0.6 is 34.7 Å². The van der Waals surface area contributed by atoms with Crippen LogP contribution in [-0.4, -0.2) is 130 Å². The standard InChI is InChI=1S/C53H70ClFN10O6S2/c1-33-46(72-32-60-33)35-9-10-36(27-59-48(68)39-26-37(66)30-65(39)49(69)47(51(2,3)4)62-50(70)53(55)15-16-53)40(25-35)71-24-14-34-11-19-63(20-12-34)21-13-43(67)61-38-7-6-8-41(45(38)54)73-44-29-57-42(28-58-44)64-22-17-52(5,31-56)18-23-64/h6-10,25,28-29,32,34,37,39,47,66H,11-24,26-27,30-31,56H2,1-5H3,(H,59,68)(H,61,67)(H,62,70)/t37-,39+,47-/m1/s1. The Bertz CT molecular complexity index is 2600. The number of rotatable bonds is 19. The smallest absolute Gasteiger partial charge is 0.258 e. The van der Waals surface area contributed by atoms with E-state index >= 15 is 0 Å². The van der Waals surface area contributed by atoms with Crippen molar-refractivity contribution in [1.29, 1.82) is 0 Å². The number of likely N-dealkylation sites (tertiary alicyclic amines) is 2. The van der Waals surface area contributed by atoms with Crippen LogP contribution in [0.4, 0.5) is 15.9 Å². The van der Waals surface area contributed by atoms with E-state index in [4.69, 9.17) is 22.1 Å². The molecule has 0 bridgehead atoms. The normalized spacial score (nSPS) is 20.3. The number of carbonyl (C=O) groups excluding carboxylic acids is 4. The molecule has 0 radical (unpaired) electrons. The average molecular weight is 1060 g/mol. The van der Waals surface area contributed by atoms with Crippen LogP contribution in [0, 0.1) is 23.7 Å². The number of alkyl halides is 1. The highest BCUT2D eigenvalue weighted by atomic mass is 35.5. The van der Waals surface area contributed by atoms with Crippen LogP contribution in [0.2, 0.25) is 5.02 Å². The lowest BCUT2D eigenvalue weighted by molar-refractivity contribution is -0.145. The molecule has 8 rings (SSSR count). The molecule has 3 saturated heterocycles. The molecule has 4 aromatic rings. The maximum Gasteiger partial charge on any atom is 0.258 e. The van der Waals surface area contributed by atoms with Gasteiger partial charge in [-0.25, -0.2) is 19.3 Å². The number of aliphatic hydroxyl groups excluding tert-OH is 1. The Morgan fingerprint density at radius 2 is 1.79 bits per heavy atom. The fraction of sp³-hybridized carbons (Fsp3) is 0.566. The monoisotopic (exact) mass is 1060 g/mol. The van der Waals surface area contributed by atoms with E-state index in [1.165, 1.54) is 28.0 Å². The largest absolute Gasteiger partial charge is 0.493 e. The van der Waals surface area contributed by atoms with Crippen LogP contribution in [0.1, 0.15) is 96.7 Å². The third-order valence-corrected chi connectivity index (χ3v) is 17.4. The minimum absolute atomic E-state index is 0.0281. The van der Waals surface area contributed by atoms with Gasteiger partial charge in [0.25, 0.3) is 5.91 Å². The van der Waals surface area contributed by atoms with Gasteiger partial charge in [-0.3, -0.25) is 19.2 Å². The molecule has 4 amide bonds. The Labute approximate surface area is 441 Å². The number of aromatic nitrogens is 3. The maximum absolute atomic E-state index is 14.7. The van der Waals surface area contributed by atoms with E-state index in [9.17, 15) is 28.7 Å². The van der Waals surface area contributed by atoms with E-state index in [1.807, 2.05) is 43.3 Å². The Morgan fingerprint density at radius 1 is 1.04 bits per heavy atom. The van der Waals surface area contributed by atoms with E-state index in [1.54, 1.807) is 38.7 Å². The summed E-state index contributed by atoms with van der Waals surface area (Å²) < 4.78 is 21.2. The first-order valence-corrected chi connectivity index (χ1v) is 27.6. The Morgan fingerprint density at radius 3 is 2.45 bits per heavy atom. The molecule has 16 nitrogen and oxygen atoms in total.